The summed E-state index contributed by atoms with van der Waals surface area (Å²) in [5, 5.41) is 8.61. The van der Waals surface area contributed by atoms with E-state index in [4.69, 9.17) is 10.8 Å². The van der Waals surface area contributed by atoms with Crippen LogP contribution in [-0.4, -0.2) is 17.1 Å². The molecule has 0 rings (SSSR count). The van der Waals surface area contributed by atoms with Crippen LogP contribution in [-0.2, 0) is 4.79 Å². The molecule has 0 aromatic rings. The van der Waals surface area contributed by atoms with E-state index in [9.17, 15) is 4.79 Å². The van der Waals surface area contributed by atoms with Gasteiger partial charge in [0.25, 0.3) is 0 Å². The van der Waals surface area contributed by atoms with E-state index in [1.54, 1.807) is 0 Å². The van der Waals surface area contributed by atoms with E-state index in [0.29, 0.717) is 5.92 Å². The van der Waals surface area contributed by atoms with Gasteiger partial charge in [0.15, 0.2) is 0 Å². The summed E-state index contributed by atoms with van der Waals surface area (Å²) in [5.74, 6) is 0.00833. The van der Waals surface area contributed by atoms with E-state index >= 15 is 0 Å². The molecule has 84 valence electrons. The van der Waals surface area contributed by atoms with E-state index in [1.165, 1.54) is 12.8 Å². The van der Waals surface area contributed by atoms with Crippen molar-refractivity contribution in [2.24, 2.45) is 17.6 Å². The van der Waals surface area contributed by atoms with Gasteiger partial charge in [-0.3, -0.25) is 4.79 Å². The maximum atomic E-state index is 10.5. The van der Waals surface area contributed by atoms with Crippen LogP contribution in [0.1, 0.15) is 46.5 Å². The molecule has 3 atom stereocenters. The highest BCUT2D eigenvalue weighted by molar-refractivity contribution is 5.67. The van der Waals surface area contributed by atoms with Crippen LogP contribution in [0.2, 0.25) is 0 Å². The first kappa shape index (κ1) is 13.4. The summed E-state index contributed by atoms with van der Waals surface area (Å²) in [4.78, 5) is 10.5. The highest BCUT2D eigenvalue weighted by Crippen LogP contribution is 2.21. The third-order valence-electron chi connectivity index (χ3n) is 3.00. The molecule has 0 aliphatic heterocycles. The number of unbranched alkanes of at least 4 members (excludes halogenated alkanes) is 1. The van der Waals surface area contributed by atoms with Crippen molar-refractivity contribution in [3.05, 3.63) is 0 Å². The minimum Gasteiger partial charge on any atom is -0.481 e. The van der Waals surface area contributed by atoms with E-state index < -0.39 is 5.97 Å². The van der Waals surface area contributed by atoms with E-state index in [0.717, 1.165) is 6.42 Å². The fourth-order valence-corrected chi connectivity index (χ4v) is 1.60. The second-order valence-electron chi connectivity index (χ2n) is 4.24. The molecule has 0 amide bonds. The van der Waals surface area contributed by atoms with Gasteiger partial charge in [-0.2, -0.15) is 0 Å². The Morgan fingerprint density at radius 1 is 1.43 bits per heavy atom. The van der Waals surface area contributed by atoms with Gasteiger partial charge in [0.2, 0.25) is 0 Å². The zero-order valence-corrected chi connectivity index (χ0v) is 9.49. The Morgan fingerprint density at radius 3 is 2.43 bits per heavy atom. The third-order valence-corrected chi connectivity index (χ3v) is 3.00. The number of carbonyl (C=O) groups is 1. The molecule has 0 fully saturated rings. The largest absolute Gasteiger partial charge is 0.481 e. The summed E-state index contributed by atoms with van der Waals surface area (Å²) in [7, 11) is 0. The van der Waals surface area contributed by atoms with Gasteiger partial charge in [-0.1, -0.05) is 40.0 Å². The van der Waals surface area contributed by atoms with Crippen LogP contribution in [0.5, 0.6) is 0 Å². The molecule has 0 saturated carbocycles. The van der Waals surface area contributed by atoms with Crippen molar-refractivity contribution >= 4 is 5.97 Å². The smallest absolute Gasteiger partial charge is 0.304 e. The van der Waals surface area contributed by atoms with Gasteiger partial charge in [-0.25, -0.2) is 0 Å². The van der Waals surface area contributed by atoms with Crippen LogP contribution in [0.4, 0.5) is 0 Å². The van der Waals surface area contributed by atoms with E-state index in [2.05, 4.69) is 13.8 Å². The molecule has 0 unspecified atom stereocenters. The summed E-state index contributed by atoms with van der Waals surface area (Å²) >= 11 is 0. The van der Waals surface area contributed by atoms with Crippen molar-refractivity contribution in [2.75, 3.05) is 0 Å². The fourth-order valence-electron chi connectivity index (χ4n) is 1.60. The van der Waals surface area contributed by atoms with Crippen molar-refractivity contribution in [1.82, 2.24) is 0 Å². The van der Waals surface area contributed by atoms with Crippen LogP contribution in [0.3, 0.4) is 0 Å². The SMILES string of the molecule is CCCC[C@@H](C)[C@H](C)[C@H](N)CC(=O)O. The van der Waals surface area contributed by atoms with Crippen LogP contribution in [0.15, 0.2) is 0 Å². The van der Waals surface area contributed by atoms with E-state index in [-0.39, 0.29) is 18.4 Å². The van der Waals surface area contributed by atoms with Crippen molar-refractivity contribution in [1.29, 1.82) is 0 Å². The van der Waals surface area contributed by atoms with Crippen LogP contribution in [0, 0.1) is 11.8 Å². The predicted octanol–water partition coefficient (Wildman–Crippen LogP) is 2.25. The Labute approximate surface area is 86.7 Å². The van der Waals surface area contributed by atoms with Gasteiger partial charge in [0.05, 0.1) is 6.42 Å². The normalized spacial score (nSPS) is 17.4. The minimum atomic E-state index is -0.799. The molecule has 14 heavy (non-hydrogen) atoms. The van der Waals surface area contributed by atoms with Crippen molar-refractivity contribution in [2.45, 2.75) is 52.5 Å². The Hall–Kier alpha value is -0.570. The quantitative estimate of drug-likeness (QED) is 0.664. The molecule has 0 spiro atoms. The van der Waals surface area contributed by atoms with Gasteiger partial charge >= 0.3 is 5.97 Å². The first-order chi connectivity index (χ1) is 6.49. The standard InChI is InChI=1S/C11H23NO2/c1-4-5-6-8(2)9(3)10(12)7-11(13)14/h8-10H,4-7,12H2,1-3H3,(H,13,14)/t8-,9+,10-/m1/s1. The molecule has 0 aromatic carbocycles. The summed E-state index contributed by atoms with van der Waals surface area (Å²) in [6, 6.07) is -0.209. The maximum absolute atomic E-state index is 10.5. The number of hydrogen-bond donors (Lipinski definition) is 2. The zero-order valence-electron chi connectivity index (χ0n) is 9.49. The molecule has 3 heteroatoms. The molecule has 0 radical (unpaired) electrons. The highest BCUT2D eigenvalue weighted by atomic mass is 16.4. The molecular weight excluding hydrogens is 178 g/mol. The first-order valence-corrected chi connectivity index (χ1v) is 5.46. The molecule has 0 bridgehead atoms. The molecule has 0 aromatic heterocycles. The number of hydrogen-bond acceptors (Lipinski definition) is 2. The highest BCUT2D eigenvalue weighted by Gasteiger charge is 2.21. The number of carboxylic acids is 1. The molecule has 0 saturated heterocycles. The van der Waals surface area contributed by atoms with Gasteiger partial charge < -0.3 is 10.8 Å². The van der Waals surface area contributed by atoms with Crippen molar-refractivity contribution in [3.63, 3.8) is 0 Å². The maximum Gasteiger partial charge on any atom is 0.304 e. The van der Waals surface area contributed by atoms with Crippen LogP contribution >= 0.6 is 0 Å². The lowest BCUT2D eigenvalue weighted by Gasteiger charge is -2.24. The molecule has 0 aliphatic rings. The number of rotatable bonds is 7. The van der Waals surface area contributed by atoms with E-state index in [1.807, 2.05) is 6.92 Å². The molecule has 3 N–H and O–H groups in total. The van der Waals surface area contributed by atoms with Gasteiger partial charge in [-0.15, -0.1) is 0 Å². The first-order valence-electron chi connectivity index (χ1n) is 5.46. The second kappa shape index (κ2) is 6.82. The average Bonchev–Trinajstić information content (AvgIpc) is 2.11. The third kappa shape index (κ3) is 5.22. The van der Waals surface area contributed by atoms with Gasteiger partial charge in [-0.05, 0) is 11.8 Å². The Kier molecular flexibility index (Phi) is 6.54. The second-order valence-corrected chi connectivity index (χ2v) is 4.24. The molecule has 0 aliphatic carbocycles. The van der Waals surface area contributed by atoms with Crippen molar-refractivity contribution in [3.8, 4) is 0 Å². The monoisotopic (exact) mass is 201 g/mol. The lowest BCUT2D eigenvalue weighted by Crippen LogP contribution is -2.34. The molecular formula is C11H23NO2. The van der Waals surface area contributed by atoms with Crippen LogP contribution in [0.25, 0.3) is 0 Å². The summed E-state index contributed by atoms with van der Waals surface area (Å²) in [6.45, 7) is 6.37. The number of nitrogens with two attached hydrogens (primary N) is 1. The van der Waals surface area contributed by atoms with Gasteiger partial charge in [0.1, 0.15) is 0 Å². The lowest BCUT2D eigenvalue weighted by atomic mass is 9.84. The Bertz CT molecular complexity index is 171. The summed E-state index contributed by atoms with van der Waals surface area (Å²) in [5.41, 5.74) is 5.81. The van der Waals surface area contributed by atoms with Crippen molar-refractivity contribution < 1.29 is 9.90 Å². The Balaban J connectivity index is 3.89. The summed E-state index contributed by atoms with van der Waals surface area (Å²) < 4.78 is 0. The topological polar surface area (TPSA) is 63.3 Å². The number of carboxylic acid groups (broad SMARTS) is 1. The lowest BCUT2D eigenvalue weighted by molar-refractivity contribution is -0.137. The summed E-state index contributed by atoms with van der Waals surface area (Å²) in [6.07, 6.45) is 3.61. The van der Waals surface area contributed by atoms with Crippen LogP contribution < -0.4 is 5.73 Å². The average molecular weight is 201 g/mol. The number of aliphatic carboxylic acids is 1. The predicted molar refractivity (Wildman–Crippen MR) is 58.1 cm³/mol. The molecule has 3 nitrogen and oxygen atoms in total. The van der Waals surface area contributed by atoms with Gasteiger partial charge in [0, 0.05) is 6.04 Å². The Morgan fingerprint density at radius 2 is 2.00 bits per heavy atom. The zero-order chi connectivity index (χ0) is 11.1. The minimum absolute atomic E-state index is 0.0810. The fraction of sp³-hybridized carbons (Fsp3) is 0.909. The molecule has 0 heterocycles.